The van der Waals surface area contributed by atoms with Gasteiger partial charge < -0.3 is 4.74 Å². The zero-order chi connectivity index (χ0) is 18.4. The molecule has 2 heteroatoms. The highest BCUT2D eigenvalue weighted by molar-refractivity contribution is 5.68. The molecular weight excluding hydrogens is 308 g/mol. The Balaban J connectivity index is 3.17. The minimum atomic E-state index is -0.102. The van der Waals surface area contributed by atoms with E-state index in [2.05, 4.69) is 36.0 Å². The van der Waals surface area contributed by atoms with E-state index in [4.69, 9.17) is 0 Å². The quantitative estimate of drug-likeness (QED) is 0.145. The maximum Gasteiger partial charge on any atom is 0.305 e. The Labute approximate surface area is 157 Å². The maximum atomic E-state index is 10.9. The van der Waals surface area contributed by atoms with Crippen molar-refractivity contribution in [1.29, 1.82) is 0 Å². The molecule has 0 aromatic rings. The number of unbranched alkanes of at least 4 members (excludes halogenated alkanes) is 12. The van der Waals surface area contributed by atoms with Crippen LogP contribution in [0.4, 0.5) is 0 Å². The molecule has 0 aliphatic heterocycles. The molecule has 0 radical (unpaired) electrons. The minimum absolute atomic E-state index is 0.102. The van der Waals surface area contributed by atoms with Crippen LogP contribution in [0.1, 0.15) is 110 Å². The van der Waals surface area contributed by atoms with E-state index in [1.165, 1.54) is 90.6 Å². The maximum absolute atomic E-state index is 10.9. The zero-order valence-corrected chi connectivity index (χ0v) is 16.9. The average molecular weight is 351 g/mol. The Morgan fingerprint density at radius 2 is 1.04 bits per heavy atom. The molecule has 0 unspecified atom stereocenters. The lowest BCUT2D eigenvalue weighted by atomic mass is 10.1. The summed E-state index contributed by atoms with van der Waals surface area (Å²) in [6, 6.07) is 0. The van der Waals surface area contributed by atoms with Crippen LogP contribution >= 0.6 is 0 Å². The summed E-state index contributed by atoms with van der Waals surface area (Å²) in [5.41, 5.74) is 0. The molecule has 0 N–H and O–H groups in total. The summed E-state index contributed by atoms with van der Waals surface area (Å²) in [5.74, 6) is -0.102. The van der Waals surface area contributed by atoms with E-state index >= 15 is 0 Å². The third-order valence-corrected chi connectivity index (χ3v) is 4.53. The second-order valence-electron chi connectivity index (χ2n) is 6.96. The third-order valence-electron chi connectivity index (χ3n) is 4.53. The van der Waals surface area contributed by atoms with Crippen LogP contribution in [0, 0.1) is 0 Å². The fourth-order valence-corrected chi connectivity index (χ4v) is 2.86. The van der Waals surface area contributed by atoms with Crippen molar-refractivity contribution >= 4 is 5.97 Å². The van der Waals surface area contributed by atoms with E-state index in [1.54, 1.807) is 0 Å². The number of methoxy groups -OCH3 is 1. The molecule has 0 heterocycles. The molecule has 0 amide bonds. The van der Waals surface area contributed by atoms with E-state index < -0.39 is 0 Å². The molecule has 0 atom stereocenters. The Hall–Kier alpha value is -1.05. The molecule has 0 saturated heterocycles. The predicted octanol–water partition coefficient (Wildman–Crippen LogP) is 7.53. The molecule has 0 saturated carbocycles. The van der Waals surface area contributed by atoms with Crippen LogP contribution in [0.15, 0.2) is 24.3 Å². The van der Waals surface area contributed by atoms with Crippen LogP contribution in [0.2, 0.25) is 0 Å². The number of allylic oxidation sites excluding steroid dienone is 4. The standard InChI is InChI=1S/C23H42O2/c1-3-4-5-6-7-8-9-10-11-12-13-14-15-16-17-18-19-20-21-22-23(24)25-2/h10-11,18-19H,3-9,12-17,20-22H2,1-2H3/b11-10+,19-18+. The van der Waals surface area contributed by atoms with E-state index in [-0.39, 0.29) is 5.97 Å². The summed E-state index contributed by atoms with van der Waals surface area (Å²) in [4.78, 5) is 10.9. The van der Waals surface area contributed by atoms with Crippen LogP contribution in [0.3, 0.4) is 0 Å². The molecule has 0 aliphatic carbocycles. The largest absolute Gasteiger partial charge is 0.469 e. The van der Waals surface area contributed by atoms with Gasteiger partial charge in [0.25, 0.3) is 0 Å². The van der Waals surface area contributed by atoms with Crippen molar-refractivity contribution in [3.8, 4) is 0 Å². The van der Waals surface area contributed by atoms with Crippen molar-refractivity contribution in [3.63, 3.8) is 0 Å². The van der Waals surface area contributed by atoms with Crippen molar-refractivity contribution < 1.29 is 9.53 Å². The van der Waals surface area contributed by atoms with Gasteiger partial charge in [-0.25, -0.2) is 0 Å². The van der Waals surface area contributed by atoms with E-state index in [9.17, 15) is 4.79 Å². The highest BCUT2D eigenvalue weighted by atomic mass is 16.5. The first-order valence-electron chi connectivity index (χ1n) is 10.7. The molecular formula is C23H42O2. The van der Waals surface area contributed by atoms with Gasteiger partial charge in [-0.3, -0.25) is 4.79 Å². The molecule has 0 aromatic heterocycles. The van der Waals surface area contributed by atoms with Gasteiger partial charge in [0.1, 0.15) is 0 Å². The first-order valence-corrected chi connectivity index (χ1v) is 10.7. The van der Waals surface area contributed by atoms with E-state index in [0.717, 1.165) is 12.8 Å². The van der Waals surface area contributed by atoms with Gasteiger partial charge in [-0.15, -0.1) is 0 Å². The van der Waals surface area contributed by atoms with Crippen LogP contribution in [-0.2, 0) is 9.53 Å². The Morgan fingerprint density at radius 1 is 0.640 bits per heavy atom. The monoisotopic (exact) mass is 350 g/mol. The predicted molar refractivity (Wildman–Crippen MR) is 110 cm³/mol. The number of carbonyl (C=O) groups excluding carboxylic acids is 1. The summed E-state index contributed by atoms with van der Waals surface area (Å²) in [6.45, 7) is 2.27. The molecule has 25 heavy (non-hydrogen) atoms. The molecule has 0 aliphatic rings. The molecule has 0 fully saturated rings. The molecule has 0 bridgehead atoms. The number of ether oxygens (including phenoxy) is 1. The van der Waals surface area contributed by atoms with Gasteiger partial charge in [0.05, 0.1) is 7.11 Å². The number of carbonyl (C=O) groups is 1. The highest BCUT2D eigenvalue weighted by Crippen LogP contribution is 2.09. The lowest BCUT2D eigenvalue weighted by Crippen LogP contribution is -1.98. The van der Waals surface area contributed by atoms with Crippen molar-refractivity contribution in [1.82, 2.24) is 0 Å². The van der Waals surface area contributed by atoms with Crippen molar-refractivity contribution in [2.75, 3.05) is 7.11 Å². The third kappa shape index (κ3) is 20.9. The normalized spacial score (nSPS) is 11.6. The van der Waals surface area contributed by atoms with Gasteiger partial charge in [0.2, 0.25) is 0 Å². The van der Waals surface area contributed by atoms with Gasteiger partial charge in [-0.05, 0) is 51.4 Å². The van der Waals surface area contributed by atoms with Gasteiger partial charge in [0.15, 0.2) is 0 Å². The summed E-state index contributed by atoms with van der Waals surface area (Å²) in [6.07, 6.45) is 29.0. The average Bonchev–Trinajstić information content (AvgIpc) is 2.63. The lowest BCUT2D eigenvalue weighted by molar-refractivity contribution is -0.140. The van der Waals surface area contributed by atoms with Crippen molar-refractivity contribution in [3.05, 3.63) is 24.3 Å². The van der Waals surface area contributed by atoms with Crippen molar-refractivity contribution in [2.45, 2.75) is 110 Å². The Morgan fingerprint density at radius 3 is 1.48 bits per heavy atom. The van der Waals surface area contributed by atoms with Crippen LogP contribution < -0.4 is 0 Å². The first-order chi connectivity index (χ1) is 12.3. The van der Waals surface area contributed by atoms with Crippen molar-refractivity contribution in [2.24, 2.45) is 0 Å². The van der Waals surface area contributed by atoms with Gasteiger partial charge in [0, 0.05) is 6.42 Å². The molecule has 0 aromatic carbocycles. The number of esters is 1. The molecule has 146 valence electrons. The number of hydrogen-bond donors (Lipinski definition) is 0. The van der Waals surface area contributed by atoms with Gasteiger partial charge >= 0.3 is 5.97 Å². The Bertz CT molecular complexity index is 331. The SMILES string of the molecule is CCCCCCCC/C=C/CCCCCC/C=C/CCCC(=O)OC. The van der Waals surface area contributed by atoms with Crippen LogP contribution in [0.25, 0.3) is 0 Å². The number of rotatable bonds is 18. The Kier molecular flexibility index (Phi) is 20.1. The first kappa shape index (κ1) is 23.9. The van der Waals surface area contributed by atoms with Crippen LogP contribution in [-0.4, -0.2) is 13.1 Å². The second kappa shape index (κ2) is 21.0. The van der Waals surface area contributed by atoms with Crippen LogP contribution in [0.5, 0.6) is 0 Å². The summed E-state index contributed by atoms with van der Waals surface area (Å²) in [7, 11) is 1.45. The minimum Gasteiger partial charge on any atom is -0.469 e. The van der Waals surface area contributed by atoms with Gasteiger partial charge in [-0.1, -0.05) is 76.2 Å². The lowest BCUT2D eigenvalue weighted by Gasteiger charge is -1.99. The zero-order valence-electron chi connectivity index (χ0n) is 16.9. The number of hydrogen-bond acceptors (Lipinski definition) is 2. The van der Waals surface area contributed by atoms with E-state index in [0.29, 0.717) is 6.42 Å². The molecule has 2 nitrogen and oxygen atoms in total. The van der Waals surface area contributed by atoms with E-state index in [1.807, 2.05) is 0 Å². The molecule has 0 rings (SSSR count). The summed E-state index contributed by atoms with van der Waals surface area (Å²) >= 11 is 0. The summed E-state index contributed by atoms with van der Waals surface area (Å²) < 4.78 is 4.62. The fraction of sp³-hybridized carbons (Fsp3) is 0.783. The summed E-state index contributed by atoms with van der Waals surface area (Å²) in [5, 5.41) is 0. The smallest absolute Gasteiger partial charge is 0.305 e. The highest BCUT2D eigenvalue weighted by Gasteiger charge is 1.96. The topological polar surface area (TPSA) is 26.3 Å². The second-order valence-corrected chi connectivity index (χ2v) is 6.96. The molecule has 0 spiro atoms. The van der Waals surface area contributed by atoms with Gasteiger partial charge in [-0.2, -0.15) is 0 Å². The fourth-order valence-electron chi connectivity index (χ4n) is 2.86.